The van der Waals surface area contributed by atoms with Gasteiger partial charge in [0.2, 0.25) is 10.0 Å². The molecule has 0 aliphatic carbocycles. The van der Waals surface area contributed by atoms with Crippen LogP contribution in [0.15, 0.2) is 41.3 Å². The first-order chi connectivity index (χ1) is 14.7. The molecule has 3 rings (SSSR count). The lowest BCUT2D eigenvalue weighted by atomic mass is 10.1. The van der Waals surface area contributed by atoms with Crippen LogP contribution < -0.4 is 10.1 Å². The van der Waals surface area contributed by atoms with Gasteiger partial charge in [0.05, 0.1) is 4.90 Å². The van der Waals surface area contributed by atoms with E-state index in [1.54, 1.807) is 35.5 Å². The lowest BCUT2D eigenvalue weighted by molar-refractivity contribution is -0.122. The van der Waals surface area contributed by atoms with E-state index in [0.717, 1.165) is 42.4 Å². The minimum atomic E-state index is -3.50. The van der Waals surface area contributed by atoms with Gasteiger partial charge in [0.1, 0.15) is 5.75 Å². The molecule has 1 saturated heterocycles. The number of aryl methyl sites for hydroxylation is 2. The second-order valence-electron chi connectivity index (χ2n) is 8.30. The predicted molar refractivity (Wildman–Crippen MR) is 123 cm³/mol. The Balaban J connectivity index is 1.66. The van der Waals surface area contributed by atoms with Crippen molar-refractivity contribution in [1.82, 2.24) is 4.31 Å². The topological polar surface area (TPSA) is 75.7 Å². The van der Waals surface area contributed by atoms with E-state index in [1.165, 1.54) is 0 Å². The van der Waals surface area contributed by atoms with Gasteiger partial charge in [0, 0.05) is 18.8 Å². The fourth-order valence-electron chi connectivity index (χ4n) is 3.75. The number of nitrogens with one attached hydrogen (secondary N) is 1. The van der Waals surface area contributed by atoms with Crippen molar-refractivity contribution in [3.8, 4) is 5.75 Å². The quantitative estimate of drug-likeness (QED) is 0.707. The van der Waals surface area contributed by atoms with Gasteiger partial charge in [0.25, 0.3) is 5.91 Å². The zero-order valence-electron chi connectivity index (χ0n) is 18.8. The third-order valence-corrected chi connectivity index (χ3v) is 7.67. The molecule has 0 radical (unpaired) electrons. The third-order valence-electron chi connectivity index (χ3n) is 5.76. The van der Waals surface area contributed by atoms with Crippen LogP contribution in [-0.2, 0) is 14.8 Å². The smallest absolute Gasteiger partial charge is 0.265 e. The zero-order valence-corrected chi connectivity index (χ0v) is 19.6. The van der Waals surface area contributed by atoms with Gasteiger partial charge in [-0.05, 0) is 87.6 Å². The molecule has 1 atom stereocenters. The van der Waals surface area contributed by atoms with Crippen LogP contribution in [0, 0.1) is 20.8 Å². The molecule has 1 fully saturated rings. The van der Waals surface area contributed by atoms with Crippen LogP contribution in [-0.4, -0.2) is 37.8 Å². The second-order valence-corrected chi connectivity index (χ2v) is 10.2. The van der Waals surface area contributed by atoms with Crippen molar-refractivity contribution in [2.24, 2.45) is 0 Å². The minimum absolute atomic E-state index is 0.252. The number of hydrogen-bond acceptors (Lipinski definition) is 4. The SMILES string of the molecule is Cc1cc(C)c(C)c(O[C@@H](C)C(=O)Nc2ccc(S(=O)(=O)N3CCCCCC3)cc2)c1. The van der Waals surface area contributed by atoms with Gasteiger partial charge in [-0.25, -0.2) is 8.42 Å². The van der Waals surface area contributed by atoms with E-state index in [2.05, 4.69) is 11.4 Å². The largest absolute Gasteiger partial charge is 0.481 e. The lowest BCUT2D eigenvalue weighted by Crippen LogP contribution is -2.32. The Morgan fingerprint density at radius 1 is 1.00 bits per heavy atom. The number of benzene rings is 2. The van der Waals surface area contributed by atoms with Crippen molar-refractivity contribution in [3.63, 3.8) is 0 Å². The summed E-state index contributed by atoms with van der Waals surface area (Å²) in [5, 5.41) is 2.81. The summed E-state index contributed by atoms with van der Waals surface area (Å²) in [6.45, 7) is 8.80. The molecule has 0 bridgehead atoms. The minimum Gasteiger partial charge on any atom is -0.481 e. The van der Waals surface area contributed by atoms with E-state index >= 15 is 0 Å². The number of ether oxygens (including phenoxy) is 1. The number of anilines is 1. The van der Waals surface area contributed by atoms with Gasteiger partial charge in [-0.2, -0.15) is 4.31 Å². The normalized spacial score (nSPS) is 16.4. The molecule has 7 heteroatoms. The number of carbonyl (C=O) groups is 1. The molecule has 0 aromatic heterocycles. The molecule has 2 aromatic rings. The Morgan fingerprint density at radius 2 is 1.61 bits per heavy atom. The maximum atomic E-state index is 12.9. The van der Waals surface area contributed by atoms with Crippen LogP contribution in [0.25, 0.3) is 0 Å². The molecule has 168 valence electrons. The van der Waals surface area contributed by atoms with E-state index in [9.17, 15) is 13.2 Å². The van der Waals surface area contributed by atoms with E-state index < -0.39 is 16.1 Å². The summed E-state index contributed by atoms with van der Waals surface area (Å²) in [6, 6.07) is 10.3. The van der Waals surface area contributed by atoms with Crippen LogP contribution >= 0.6 is 0 Å². The molecule has 0 spiro atoms. The van der Waals surface area contributed by atoms with E-state index in [1.807, 2.05) is 26.8 Å². The molecule has 1 N–H and O–H groups in total. The molecule has 0 unspecified atom stereocenters. The molecular formula is C24H32N2O4S. The monoisotopic (exact) mass is 444 g/mol. The van der Waals surface area contributed by atoms with E-state index in [0.29, 0.717) is 24.5 Å². The van der Waals surface area contributed by atoms with Gasteiger partial charge in [-0.15, -0.1) is 0 Å². The highest BCUT2D eigenvalue weighted by Gasteiger charge is 2.25. The molecular weight excluding hydrogens is 412 g/mol. The summed E-state index contributed by atoms with van der Waals surface area (Å²) in [4.78, 5) is 12.9. The fourth-order valence-corrected chi connectivity index (χ4v) is 5.27. The Morgan fingerprint density at radius 3 is 2.23 bits per heavy atom. The first kappa shape index (κ1) is 23.3. The van der Waals surface area contributed by atoms with Crippen LogP contribution in [0.1, 0.15) is 49.3 Å². The predicted octanol–water partition coefficient (Wildman–Crippen LogP) is 4.58. The molecule has 2 aromatic carbocycles. The highest BCUT2D eigenvalue weighted by molar-refractivity contribution is 7.89. The number of sulfonamides is 1. The average Bonchev–Trinajstić information content (AvgIpc) is 3.02. The van der Waals surface area contributed by atoms with Crippen LogP contribution in [0.5, 0.6) is 5.75 Å². The van der Waals surface area contributed by atoms with Crippen LogP contribution in [0.3, 0.4) is 0 Å². The Labute approximate surface area is 185 Å². The van der Waals surface area contributed by atoms with E-state index in [4.69, 9.17) is 4.74 Å². The maximum Gasteiger partial charge on any atom is 0.265 e. The first-order valence-corrected chi connectivity index (χ1v) is 12.3. The Bertz CT molecular complexity index is 1020. The highest BCUT2D eigenvalue weighted by atomic mass is 32.2. The Hall–Kier alpha value is -2.38. The summed E-state index contributed by atoms with van der Waals surface area (Å²) in [5.74, 6) is 0.403. The third kappa shape index (κ3) is 5.66. The molecule has 31 heavy (non-hydrogen) atoms. The van der Waals surface area contributed by atoms with Gasteiger partial charge in [-0.1, -0.05) is 18.9 Å². The number of amides is 1. The van der Waals surface area contributed by atoms with Crippen molar-refractivity contribution in [1.29, 1.82) is 0 Å². The molecule has 1 heterocycles. The summed E-state index contributed by atoms with van der Waals surface area (Å²) in [6.07, 6.45) is 3.23. The summed E-state index contributed by atoms with van der Waals surface area (Å²) < 4.78 is 33.2. The molecule has 6 nitrogen and oxygen atoms in total. The van der Waals surface area contributed by atoms with Gasteiger partial charge >= 0.3 is 0 Å². The van der Waals surface area contributed by atoms with Crippen LogP contribution in [0.4, 0.5) is 5.69 Å². The standard InChI is InChI=1S/C24H32N2O4S/c1-17-15-18(2)19(3)23(16-17)30-20(4)24(27)25-21-9-11-22(12-10-21)31(28,29)26-13-7-5-6-8-14-26/h9-12,15-16,20H,5-8,13-14H2,1-4H3,(H,25,27)/t20-/m0/s1. The van der Waals surface area contributed by atoms with Gasteiger partial charge in [0.15, 0.2) is 6.10 Å². The molecule has 0 saturated carbocycles. The van der Waals surface area contributed by atoms with Crippen molar-refractivity contribution >= 4 is 21.6 Å². The summed E-state index contributed by atoms with van der Waals surface area (Å²) in [7, 11) is -3.50. The number of carbonyl (C=O) groups excluding carboxylic acids is 1. The van der Waals surface area contributed by atoms with Gasteiger partial charge < -0.3 is 10.1 Å². The lowest BCUT2D eigenvalue weighted by Gasteiger charge is -2.20. The maximum absolute atomic E-state index is 12.9. The first-order valence-electron chi connectivity index (χ1n) is 10.8. The zero-order chi connectivity index (χ0) is 22.6. The number of nitrogens with zero attached hydrogens (tertiary/aromatic N) is 1. The van der Waals surface area contributed by atoms with Crippen molar-refractivity contribution in [2.45, 2.75) is 64.4 Å². The molecule has 1 aliphatic heterocycles. The van der Waals surface area contributed by atoms with Crippen molar-refractivity contribution in [2.75, 3.05) is 18.4 Å². The summed E-state index contributed by atoms with van der Waals surface area (Å²) >= 11 is 0. The average molecular weight is 445 g/mol. The van der Waals surface area contributed by atoms with Gasteiger partial charge in [-0.3, -0.25) is 4.79 Å². The molecule has 1 aliphatic rings. The Kier molecular flexibility index (Phi) is 7.38. The summed E-state index contributed by atoms with van der Waals surface area (Å²) in [5.41, 5.74) is 3.73. The number of rotatable bonds is 6. The number of hydrogen-bond donors (Lipinski definition) is 1. The van der Waals surface area contributed by atoms with Crippen molar-refractivity contribution in [3.05, 3.63) is 53.1 Å². The fraction of sp³-hybridized carbons (Fsp3) is 0.458. The van der Waals surface area contributed by atoms with E-state index in [-0.39, 0.29) is 10.8 Å². The highest BCUT2D eigenvalue weighted by Crippen LogP contribution is 2.25. The van der Waals surface area contributed by atoms with Crippen molar-refractivity contribution < 1.29 is 17.9 Å². The van der Waals surface area contributed by atoms with Crippen LogP contribution in [0.2, 0.25) is 0 Å². The molecule has 1 amide bonds. The second kappa shape index (κ2) is 9.83.